The first-order chi connectivity index (χ1) is 11.8. The summed E-state index contributed by atoms with van der Waals surface area (Å²) in [6, 6.07) is 0. The van der Waals surface area contributed by atoms with E-state index < -0.39 is 10.0 Å². The molecule has 1 atom stereocenters. The predicted molar refractivity (Wildman–Crippen MR) is 90.6 cm³/mol. The van der Waals surface area contributed by atoms with Crippen LogP contribution in [0.1, 0.15) is 41.9 Å². The molecule has 0 saturated carbocycles. The van der Waals surface area contributed by atoms with E-state index in [0.717, 1.165) is 25.7 Å². The van der Waals surface area contributed by atoms with Gasteiger partial charge in [-0.3, -0.25) is 4.79 Å². The number of ether oxygens (including phenoxy) is 1. The molecule has 0 bridgehead atoms. The van der Waals surface area contributed by atoms with Crippen molar-refractivity contribution >= 4 is 15.9 Å². The van der Waals surface area contributed by atoms with Crippen molar-refractivity contribution in [3.8, 4) is 0 Å². The Morgan fingerprint density at radius 1 is 1.44 bits per heavy atom. The number of rotatable bonds is 4. The van der Waals surface area contributed by atoms with Crippen molar-refractivity contribution in [2.75, 3.05) is 32.5 Å². The number of nitrogens with zero attached hydrogens (tertiary/aromatic N) is 2. The Bertz CT molecular complexity index is 722. The first-order valence-electron chi connectivity index (χ1n) is 8.56. The number of hydrogen-bond donors (Lipinski definition) is 1. The SMILES string of the molecule is Cc1ncoc1C(=O)N1CCC2(CC1)CC(CNS(C)(=O)=O)CCO2. The van der Waals surface area contributed by atoms with Gasteiger partial charge < -0.3 is 14.1 Å². The van der Waals surface area contributed by atoms with Crippen LogP contribution < -0.4 is 4.72 Å². The van der Waals surface area contributed by atoms with Crippen LogP contribution in [0.2, 0.25) is 0 Å². The van der Waals surface area contributed by atoms with E-state index in [1.165, 1.54) is 12.6 Å². The maximum Gasteiger partial charge on any atom is 0.291 e. The molecule has 0 aromatic carbocycles. The van der Waals surface area contributed by atoms with Crippen LogP contribution in [0.5, 0.6) is 0 Å². The maximum absolute atomic E-state index is 12.5. The van der Waals surface area contributed by atoms with Gasteiger partial charge in [0.2, 0.25) is 15.8 Å². The fourth-order valence-electron chi connectivity index (χ4n) is 3.69. The molecule has 2 saturated heterocycles. The quantitative estimate of drug-likeness (QED) is 0.845. The summed E-state index contributed by atoms with van der Waals surface area (Å²) in [6.07, 6.45) is 5.64. The third-order valence-corrected chi connectivity index (χ3v) is 5.82. The van der Waals surface area contributed by atoms with Gasteiger partial charge in [0.1, 0.15) is 0 Å². The molecule has 1 unspecified atom stereocenters. The molecule has 25 heavy (non-hydrogen) atoms. The lowest BCUT2D eigenvalue weighted by atomic mass is 9.79. The van der Waals surface area contributed by atoms with Gasteiger partial charge in [-0.15, -0.1) is 0 Å². The number of piperidine rings is 1. The van der Waals surface area contributed by atoms with Crippen LogP contribution in [0, 0.1) is 12.8 Å². The summed E-state index contributed by atoms with van der Waals surface area (Å²) in [4.78, 5) is 18.3. The molecule has 1 spiro atoms. The number of aromatic nitrogens is 1. The number of nitrogens with one attached hydrogen (secondary N) is 1. The largest absolute Gasteiger partial charge is 0.438 e. The monoisotopic (exact) mass is 371 g/mol. The first-order valence-corrected chi connectivity index (χ1v) is 10.5. The zero-order valence-electron chi connectivity index (χ0n) is 14.7. The second-order valence-electron chi connectivity index (χ2n) is 7.07. The molecule has 2 aliphatic rings. The van der Waals surface area contributed by atoms with E-state index in [1.54, 1.807) is 11.8 Å². The highest BCUT2D eigenvalue weighted by Gasteiger charge is 2.41. The molecule has 2 aliphatic heterocycles. The van der Waals surface area contributed by atoms with Gasteiger partial charge >= 0.3 is 0 Å². The topological polar surface area (TPSA) is 102 Å². The number of oxazole rings is 1. The van der Waals surface area contributed by atoms with Gasteiger partial charge in [0.15, 0.2) is 6.39 Å². The molecule has 0 radical (unpaired) electrons. The van der Waals surface area contributed by atoms with Gasteiger partial charge in [-0.2, -0.15) is 0 Å². The number of sulfonamides is 1. The second kappa shape index (κ2) is 7.05. The smallest absolute Gasteiger partial charge is 0.291 e. The van der Waals surface area contributed by atoms with Gasteiger partial charge in [0, 0.05) is 26.2 Å². The Labute approximate surface area is 148 Å². The number of carbonyl (C=O) groups is 1. The van der Waals surface area contributed by atoms with Crippen molar-refractivity contribution in [2.45, 2.75) is 38.2 Å². The van der Waals surface area contributed by atoms with Crippen LogP contribution in [0.3, 0.4) is 0 Å². The Hall–Kier alpha value is -1.45. The molecule has 9 heteroatoms. The highest BCUT2D eigenvalue weighted by molar-refractivity contribution is 7.88. The standard InChI is InChI=1S/C16H25N3O5S/c1-12-14(23-11-17-12)15(20)19-6-4-16(5-7-19)9-13(3-8-24-16)10-18-25(2,21)22/h11,13,18H,3-10H2,1-2H3. The Morgan fingerprint density at radius 2 is 2.16 bits per heavy atom. The van der Waals surface area contributed by atoms with Crippen LogP contribution >= 0.6 is 0 Å². The van der Waals surface area contributed by atoms with Crippen molar-refractivity contribution < 1.29 is 22.4 Å². The van der Waals surface area contributed by atoms with Crippen molar-refractivity contribution in [3.05, 3.63) is 17.8 Å². The number of likely N-dealkylation sites (tertiary alicyclic amines) is 1. The van der Waals surface area contributed by atoms with Crippen molar-refractivity contribution in [3.63, 3.8) is 0 Å². The Kier molecular flexibility index (Phi) is 5.17. The number of carbonyl (C=O) groups excluding carboxylic acids is 1. The Morgan fingerprint density at radius 3 is 2.76 bits per heavy atom. The number of aryl methyl sites for hydroxylation is 1. The Balaban J connectivity index is 1.57. The van der Waals surface area contributed by atoms with Crippen LogP contribution in [0.15, 0.2) is 10.8 Å². The van der Waals surface area contributed by atoms with E-state index in [1.807, 2.05) is 0 Å². The molecule has 3 rings (SSSR count). The van der Waals surface area contributed by atoms with Crippen LogP contribution in [0.4, 0.5) is 0 Å². The molecule has 3 heterocycles. The van der Waals surface area contributed by atoms with Gasteiger partial charge in [-0.25, -0.2) is 18.1 Å². The molecule has 1 N–H and O–H groups in total. The molecule has 140 valence electrons. The zero-order valence-corrected chi connectivity index (χ0v) is 15.5. The van der Waals surface area contributed by atoms with E-state index in [-0.39, 0.29) is 17.4 Å². The minimum absolute atomic E-state index is 0.129. The summed E-state index contributed by atoms with van der Waals surface area (Å²) in [7, 11) is -3.18. The van der Waals surface area contributed by atoms with Gasteiger partial charge in [-0.1, -0.05) is 0 Å². The molecule has 1 aromatic rings. The van der Waals surface area contributed by atoms with E-state index in [2.05, 4.69) is 9.71 Å². The van der Waals surface area contributed by atoms with Gasteiger partial charge in [0.05, 0.1) is 17.6 Å². The fourth-order valence-corrected chi connectivity index (χ4v) is 4.23. The lowest BCUT2D eigenvalue weighted by Gasteiger charge is -2.46. The molecule has 1 amide bonds. The van der Waals surface area contributed by atoms with E-state index in [4.69, 9.17) is 9.15 Å². The second-order valence-corrected chi connectivity index (χ2v) is 8.90. The molecule has 8 nitrogen and oxygen atoms in total. The highest BCUT2D eigenvalue weighted by Crippen LogP contribution is 2.37. The average molecular weight is 371 g/mol. The third-order valence-electron chi connectivity index (χ3n) is 5.13. The van der Waals surface area contributed by atoms with Gasteiger partial charge in [0.25, 0.3) is 5.91 Å². The highest BCUT2D eigenvalue weighted by atomic mass is 32.2. The van der Waals surface area contributed by atoms with Gasteiger partial charge in [-0.05, 0) is 38.5 Å². The molecule has 0 aliphatic carbocycles. The summed E-state index contributed by atoms with van der Waals surface area (Å²) in [5, 5.41) is 0. The maximum atomic E-state index is 12.5. The lowest BCUT2D eigenvalue weighted by molar-refractivity contribution is -0.122. The van der Waals surface area contributed by atoms with Crippen LogP contribution in [-0.2, 0) is 14.8 Å². The van der Waals surface area contributed by atoms with E-state index in [0.29, 0.717) is 37.7 Å². The normalized spacial score (nSPS) is 23.8. The summed E-state index contributed by atoms with van der Waals surface area (Å²) in [5.74, 6) is 0.439. The number of hydrogen-bond acceptors (Lipinski definition) is 6. The predicted octanol–water partition coefficient (Wildman–Crippen LogP) is 0.934. The summed E-state index contributed by atoms with van der Waals surface area (Å²) in [5.41, 5.74) is 0.348. The summed E-state index contributed by atoms with van der Waals surface area (Å²) >= 11 is 0. The van der Waals surface area contributed by atoms with E-state index >= 15 is 0 Å². The first kappa shape index (κ1) is 18.3. The summed E-state index contributed by atoms with van der Waals surface area (Å²) < 4.78 is 36.5. The fraction of sp³-hybridized carbons (Fsp3) is 0.750. The van der Waals surface area contributed by atoms with Crippen molar-refractivity contribution in [2.24, 2.45) is 5.92 Å². The number of amides is 1. The molecule has 2 fully saturated rings. The lowest BCUT2D eigenvalue weighted by Crippen LogP contribution is -2.51. The molecular formula is C16H25N3O5S. The molecular weight excluding hydrogens is 346 g/mol. The minimum atomic E-state index is -3.18. The average Bonchev–Trinajstić information content (AvgIpc) is 2.99. The van der Waals surface area contributed by atoms with Crippen LogP contribution in [0.25, 0.3) is 0 Å². The van der Waals surface area contributed by atoms with Crippen molar-refractivity contribution in [1.29, 1.82) is 0 Å². The van der Waals surface area contributed by atoms with Crippen molar-refractivity contribution in [1.82, 2.24) is 14.6 Å². The zero-order chi connectivity index (χ0) is 18.1. The molecule has 1 aromatic heterocycles. The third kappa shape index (κ3) is 4.39. The minimum Gasteiger partial charge on any atom is -0.438 e. The van der Waals surface area contributed by atoms with Crippen LogP contribution in [-0.4, -0.2) is 62.3 Å². The summed E-state index contributed by atoms with van der Waals surface area (Å²) in [6.45, 7) is 4.04. The van der Waals surface area contributed by atoms with E-state index in [9.17, 15) is 13.2 Å².